The van der Waals surface area contributed by atoms with E-state index in [1.807, 2.05) is 0 Å². The summed E-state index contributed by atoms with van der Waals surface area (Å²) >= 11 is 0. The summed E-state index contributed by atoms with van der Waals surface area (Å²) in [6.45, 7) is 9.02. The summed E-state index contributed by atoms with van der Waals surface area (Å²) in [5.74, 6) is 2.29. The number of hydrogen-bond donors (Lipinski definition) is 0. The first-order valence-electron chi connectivity index (χ1n) is 13.1. The third-order valence-electron chi connectivity index (χ3n) is 9.08. The van der Waals surface area contributed by atoms with Gasteiger partial charge >= 0.3 is 0 Å². The topological polar surface area (TPSA) is 0 Å². The maximum atomic E-state index is 2.39. The average molecular weight is 453 g/mol. The lowest BCUT2D eigenvalue weighted by Gasteiger charge is -2.43. The molecule has 4 aromatic rings. The fourth-order valence-electron chi connectivity index (χ4n) is 7.62. The van der Waals surface area contributed by atoms with E-state index >= 15 is 0 Å². The van der Waals surface area contributed by atoms with Crippen LogP contribution in [0.1, 0.15) is 96.9 Å². The molecule has 0 radical (unpaired) electrons. The van der Waals surface area contributed by atoms with Crippen molar-refractivity contribution >= 4 is 0 Å². The minimum atomic E-state index is 0.410. The molecule has 35 heavy (non-hydrogen) atoms. The first-order valence-corrected chi connectivity index (χ1v) is 13.1. The van der Waals surface area contributed by atoms with Crippen molar-refractivity contribution in [1.82, 2.24) is 0 Å². The number of hydrogen-bond acceptors (Lipinski definition) is 0. The zero-order valence-corrected chi connectivity index (χ0v) is 21.1. The lowest BCUT2D eigenvalue weighted by atomic mass is 9.59. The van der Waals surface area contributed by atoms with E-state index in [4.69, 9.17) is 0 Å². The summed E-state index contributed by atoms with van der Waals surface area (Å²) < 4.78 is 0. The molecule has 4 aromatic carbocycles. The molecule has 0 fully saturated rings. The molecule has 5 aliphatic rings. The van der Waals surface area contributed by atoms with Crippen molar-refractivity contribution in [3.8, 4) is 0 Å². The van der Waals surface area contributed by atoms with Gasteiger partial charge in [-0.2, -0.15) is 0 Å². The molecule has 2 unspecified atom stereocenters. The standard InChI is InChI=1S/C22H18.C13H14/c1-13-11-12-14(2)20-19(13)21-15-7-3-5-9-17(15)22(20)18-10-6-4-8-16(18)21;1-8-3-4-9(2)13-11-6-5-10(7-11)12(8)13/h3-12,21-22H,1-2H3;3-6,10-11H,7H2,1-2H3. The molecule has 0 aliphatic heterocycles. The van der Waals surface area contributed by atoms with Crippen molar-refractivity contribution < 1.29 is 0 Å². The molecular formula is C35H32. The van der Waals surface area contributed by atoms with Gasteiger partial charge in [-0.05, 0) is 101 Å². The Bertz CT molecular complexity index is 1370. The first-order chi connectivity index (χ1) is 17.0. The lowest BCUT2D eigenvalue weighted by Crippen LogP contribution is -2.29. The van der Waals surface area contributed by atoms with E-state index in [-0.39, 0.29) is 0 Å². The number of fused-ring (bicyclic) bond motifs is 5. The molecule has 9 rings (SSSR count). The highest BCUT2D eigenvalue weighted by Gasteiger charge is 2.42. The molecule has 172 valence electrons. The average Bonchev–Trinajstić information content (AvgIpc) is 3.52. The molecule has 0 heteroatoms. The van der Waals surface area contributed by atoms with Crippen LogP contribution in [0.3, 0.4) is 0 Å². The Morgan fingerprint density at radius 1 is 0.429 bits per heavy atom. The van der Waals surface area contributed by atoms with Gasteiger partial charge in [0.1, 0.15) is 0 Å². The lowest BCUT2D eigenvalue weighted by molar-refractivity contribution is 0.743. The Hall–Kier alpha value is -3.38. The molecule has 5 aliphatic carbocycles. The smallest absolute Gasteiger partial charge is 0.0351 e. The SMILES string of the molecule is Cc1ccc(C)c2c1C1C=CC2C1.Cc1ccc(C)c2c1C1c3ccccc3C2c2ccccc21. The van der Waals surface area contributed by atoms with E-state index in [2.05, 4.69) is 113 Å². The summed E-state index contributed by atoms with van der Waals surface area (Å²) in [7, 11) is 0. The van der Waals surface area contributed by atoms with Crippen LogP contribution in [0.15, 0.2) is 84.9 Å². The fraction of sp³-hybridized carbons (Fsp3) is 0.257. The third-order valence-corrected chi connectivity index (χ3v) is 9.08. The summed E-state index contributed by atoms with van der Waals surface area (Å²) in [5.41, 5.74) is 18.2. The monoisotopic (exact) mass is 452 g/mol. The Morgan fingerprint density at radius 3 is 1.09 bits per heavy atom. The van der Waals surface area contributed by atoms with Crippen LogP contribution < -0.4 is 0 Å². The summed E-state index contributed by atoms with van der Waals surface area (Å²) in [4.78, 5) is 0. The van der Waals surface area contributed by atoms with Gasteiger partial charge in [-0.3, -0.25) is 0 Å². The summed E-state index contributed by atoms with van der Waals surface area (Å²) in [6.07, 6.45) is 6.11. The molecule has 0 heterocycles. The minimum absolute atomic E-state index is 0.410. The largest absolute Gasteiger partial charge is 0.0803 e. The molecule has 0 saturated heterocycles. The van der Waals surface area contributed by atoms with Crippen LogP contribution in [0.5, 0.6) is 0 Å². The summed E-state index contributed by atoms with van der Waals surface area (Å²) in [5, 5.41) is 0. The van der Waals surface area contributed by atoms with Gasteiger partial charge < -0.3 is 0 Å². The third kappa shape index (κ3) is 2.86. The number of rotatable bonds is 0. The van der Waals surface area contributed by atoms with E-state index in [9.17, 15) is 0 Å². The number of benzene rings is 4. The zero-order chi connectivity index (χ0) is 23.8. The van der Waals surface area contributed by atoms with Gasteiger partial charge in [0, 0.05) is 23.7 Å². The molecule has 0 nitrogen and oxygen atoms in total. The second-order valence-corrected chi connectivity index (χ2v) is 11.0. The van der Waals surface area contributed by atoms with Gasteiger partial charge in [-0.1, -0.05) is 84.9 Å². The van der Waals surface area contributed by atoms with Gasteiger partial charge in [0.2, 0.25) is 0 Å². The second-order valence-electron chi connectivity index (χ2n) is 11.0. The predicted molar refractivity (Wildman–Crippen MR) is 146 cm³/mol. The van der Waals surface area contributed by atoms with E-state index in [1.165, 1.54) is 50.9 Å². The molecule has 0 aromatic heterocycles. The van der Waals surface area contributed by atoms with E-state index in [0.29, 0.717) is 11.8 Å². The van der Waals surface area contributed by atoms with Gasteiger partial charge in [-0.15, -0.1) is 0 Å². The van der Waals surface area contributed by atoms with Crippen LogP contribution in [0.4, 0.5) is 0 Å². The Balaban J connectivity index is 0.000000137. The van der Waals surface area contributed by atoms with E-state index < -0.39 is 0 Å². The van der Waals surface area contributed by atoms with Crippen LogP contribution >= 0.6 is 0 Å². The molecule has 4 bridgehead atoms. The maximum Gasteiger partial charge on any atom is 0.0351 e. The highest BCUT2D eigenvalue weighted by molar-refractivity contribution is 5.70. The van der Waals surface area contributed by atoms with E-state index in [1.54, 1.807) is 22.3 Å². The van der Waals surface area contributed by atoms with Crippen molar-refractivity contribution in [3.05, 3.63) is 152 Å². The second kappa shape index (κ2) is 7.56. The van der Waals surface area contributed by atoms with Crippen LogP contribution in [-0.2, 0) is 0 Å². The first kappa shape index (κ1) is 20.9. The van der Waals surface area contributed by atoms with Gasteiger partial charge in [-0.25, -0.2) is 0 Å². The molecular weight excluding hydrogens is 420 g/mol. The number of allylic oxidation sites excluding steroid dienone is 2. The van der Waals surface area contributed by atoms with Gasteiger partial charge in [0.15, 0.2) is 0 Å². The highest BCUT2D eigenvalue weighted by Crippen LogP contribution is 2.57. The molecule has 0 amide bonds. The van der Waals surface area contributed by atoms with E-state index in [0.717, 1.165) is 11.8 Å². The van der Waals surface area contributed by atoms with Crippen molar-refractivity contribution in [2.45, 2.75) is 57.8 Å². The quantitative estimate of drug-likeness (QED) is 0.202. The normalized spacial score (nSPS) is 23.2. The van der Waals surface area contributed by atoms with Gasteiger partial charge in [0.05, 0.1) is 0 Å². The summed E-state index contributed by atoms with van der Waals surface area (Å²) in [6, 6.07) is 27.2. The van der Waals surface area contributed by atoms with Crippen LogP contribution in [0.2, 0.25) is 0 Å². The zero-order valence-electron chi connectivity index (χ0n) is 21.1. The van der Waals surface area contributed by atoms with Crippen molar-refractivity contribution in [3.63, 3.8) is 0 Å². The Morgan fingerprint density at radius 2 is 0.743 bits per heavy atom. The van der Waals surface area contributed by atoms with Crippen LogP contribution in [0, 0.1) is 27.7 Å². The van der Waals surface area contributed by atoms with Crippen LogP contribution in [-0.4, -0.2) is 0 Å². The molecule has 0 saturated carbocycles. The minimum Gasteiger partial charge on any atom is -0.0803 e. The van der Waals surface area contributed by atoms with Crippen molar-refractivity contribution in [2.75, 3.05) is 0 Å². The highest BCUT2D eigenvalue weighted by atomic mass is 14.4. The fourth-order valence-corrected chi connectivity index (χ4v) is 7.62. The molecule has 0 spiro atoms. The molecule has 0 N–H and O–H groups in total. The Kier molecular flexibility index (Phi) is 4.52. The van der Waals surface area contributed by atoms with Crippen molar-refractivity contribution in [2.24, 2.45) is 0 Å². The maximum absolute atomic E-state index is 2.39. The molecule has 2 atom stereocenters. The van der Waals surface area contributed by atoms with Crippen molar-refractivity contribution in [1.29, 1.82) is 0 Å². The Labute approximate surface area is 209 Å². The van der Waals surface area contributed by atoms with Crippen LogP contribution in [0.25, 0.3) is 0 Å². The number of aryl methyl sites for hydroxylation is 4. The van der Waals surface area contributed by atoms with Gasteiger partial charge in [0.25, 0.3) is 0 Å². The predicted octanol–water partition coefficient (Wildman–Crippen LogP) is 8.73.